The number of nitrogens with zero attached hydrogens (tertiary/aromatic N) is 1. The fourth-order valence-corrected chi connectivity index (χ4v) is 2.07. The third-order valence-electron chi connectivity index (χ3n) is 2.99. The van der Waals surface area contributed by atoms with Crippen molar-refractivity contribution in [3.05, 3.63) is 30.3 Å². The quantitative estimate of drug-likeness (QED) is 0.807. The second-order valence-corrected chi connectivity index (χ2v) is 4.39. The van der Waals surface area contributed by atoms with Gasteiger partial charge in [0.2, 0.25) is 0 Å². The number of carbonyl (C=O) groups is 2. The molecule has 0 unspecified atom stereocenters. The molecule has 102 valence electrons. The van der Waals surface area contributed by atoms with Crippen LogP contribution in [0.2, 0.25) is 0 Å². The summed E-state index contributed by atoms with van der Waals surface area (Å²) in [5.41, 5.74) is 0. The van der Waals surface area contributed by atoms with E-state index in [4.69, 9.17) is 9.84 Å². The van der Waals surface area contributed by atoms with Gasteiger partial charge in [0, 0.05) is 13.0 Å². The number of aliphatic hydroxyl groups excluding tert-OH is 1. The van der Waals surface area contributed by atoms with Crippen molar-refractivity contribution in [3.8, 4) is 5.75 Å². The average molecular weight is 265 g/mol. The SMILES string of the molecule is O=C(O)[C@H]1C[C@@H](O)CN1C(=O)COc1ccccc1. The Labute approximate surface area is 110 Å². The number of ether oxygens (including phenoxy) is 1. The Hall–Kier alpha value is -2.08. The van der Waals surface area contributed by atoms with Gasteiger partial charge in [0.05, 0.1) is 6.10 Å². The van der Waals surface area contributed by atoms with Crippen molar-refractivity contribution in [3.63, 3.8) is 0 Å². The zero-order valence-corrected chi connectivity index (χ0v) is 10.2. The van der Waals surface area contributed by atoms with Crippen LogP contribution in [-0.4, -0.2) is 52.3 Å². The molecule has 0 aromatic heterocycles. The molecule has 2 rings (SSSR count). The van der Waals surface area contributed by atoms with Gasteiger partial charge < -0.3 is 19.8 Å². The highest BCUT2D eigenvalue weighted by Gasteiger charge is 2.38. The van der Waals surface area contributed by atoms with Crippen molar-refractivity contribution >= 4 is 11.9 Å². The first-order chi connectivity index (χ1) is 9.08. The van der Waals surface area contributed by atoms with E-state index < -0.39 is 24.0 Å². The van der Waals surface area contributed by atoms with Gasteiger partial charge in [-0.05, 0) is 12.1 Å². The highest BCUT2D eigenvalue weighted by molar-refractivity contribution is 5.85. The number of hydrogen-bond acceptors (Lipinski definition) is 4. The second kappa shape index (κ2) is 5.71. The molecule has 1 aromatic rings. The summed E-state index contributed by atoms with van der Waals surface area (Å²) in [6, 6.07) is 7.83. The highest BCUT2D eigenvalue weighted by Crippen LogP contribution is 2.18. The number of benzene rings is 1. The fraction of sp³-hybridized carbons (Fsp3) is 0.385. The summed E-state index contributed by atoms with van der Waals surface area (Å²) in [5, 5.41) is 18.4. The summed E-state index contributed by atoms with van der Waals surface area (Å²) in [7, 11) is 0. The number of hydrogen-bond donors (Lipinski definition) is 2. The van der Waals surface area contributed by atoms with E-state index in [0.29, 0.717) is 5.75 Å². The molecule has 2 atom stereocenters. The molecule has 0 spiro atoms. The highest BCUT2D eigenvalue weighted by atomic mass is 16.5. The minimum absolute atomic E-state index is 0.0357. The minimum Gasteiger partial charge on any atom is -0.484 e. The van der Waals surface area contributed by atoms with Gasteiger partial charge in [-0.3, -0.25) is 4.79 Å². The molecule has 0 aliphatic carbocycles. The standard InChI is InChI=1S/C13H15NO5/c15-9-6-11(13(17)18)14(7-9)12(16)8-19-10-4-2-1-3-5-10/h1-5,9,11,15H,6-8H2,(H,17,18)/t9-,11-/m1/s1. The summed E-state index contributed by atoms with van der Waals surface area (Å²) >= 11 is 0. The van der Waals surface area contributed by atoms with E-state index in [0.717, 1.165) is 4.90 Å². The van der Waals surface area contributed by atoms with E-state index >= 15 is 0 Å². The van der Waals surface area contributed by atoms with Crippen molar-refractivity contribution in [1.82, 2.24) is 4.90 Å². The molecular formula is C13H15NO5. The molecule has 1 aliphatic heterocycles. The number of carboxylic acids is 1. The Morgan fingerprint density at radius 1 is 1.32 bits per heavy atom. The Kier molecular flexibility index (Phi) is 4.01. The summed E-state index contributed by atoms with van der Waals surface area (Å²) in [4.78, 5) is 24.0. The number of rotatable bonds is 4. The first kappa shape index (κ1) is 13.4. The van der Waals surface area contributed by atoms with Gasteiger partial charge in [0.1, 0.15) is 11.8 Å². The lowest BCUT2D eigenvalue weighted by Gasteiger charge is -2.21. The largest absolute Gasteiger partial charge is 0.484 e. The molecule has 1 fully saturated rings. The van der Waals surface area contributed by atoms with E-state index in [-0.39, 0.29) is 19.6 Å². The Balaban J connectivity index is 1.94. The lowest BCUT2D eigenvalue weighted by atomic mass is 10.2. The molecule has 0 bridgehead atoms. The Bertz CT molecular complexity index is 461. The van der Waals surface area contributed by atoms with Crippen LogP contribution in [-0.2, 0) is 9.59 Å². The maximum Gasteiger partial charge on any atom is 0.326 e. The molecule has 6 heteroatoms. The number of carbonyl (C=O) groups excluding carboxylic acids is 1. The third-order valence-corrected chi connectivity index (χ3v) is 2.99. The third kappa shape index (κ3) is 3.23. The fourth-order valence-electron chi connectivity index (χ4n) is 2.07. The van der Waals surface area contributed by atoms with Crippen LogP contribution >= 0.6 is 0 Å². The summed E-state index contributed by atoms with van der Waals surface area (Å²) in [5.74, 6) is -1.00. The van der Waals surface area contributed by atoms with Gasteiger partial charge in [-0.1, -0.05) is 18.2 Å². The summed E-state index contributed by atoms with van der Waals surface area (Å²) < 4.78 is 5.28. The predicted molar refractivity (Wildman–Crippen MR) is 65.7 cm³/mol. The number of β-amino-alcohol motifs (C(OH)–C–C–N with tert-alkyl or cyclic N) is 1. The van der Waals surface area contributed by atoms with Gasteiger partial charge in [0.15, 0.2) is 6.61 Å². The first-order valence-electron chi connectivity index (χ1n) is 5.96. The van der Waals surface area contributed by atoms with Crippen LogP contribution < -0.4 is 4.74 Å². The summed E-state index contributed by atoms with van der Waals surface area (Å²) in [6.07, 6.45) is -0.728. The molecule has 1 heterocycles. The van der Waals surface area contributed by atoms with Crippen LogP contribution in [0.5, 0.6) is 5.75 Å². The summed E-state index contributed by atoms with van der Waals surface area (Å²) in [6.45, 7) is -0.200. The van der Waals surface area contributed by atoms with Crippen molar-refractivity contribution in [1.29, 1.82) is 0 Å². The average Bonchev–Trinajstić information content (AvgIpc) is 2.79. The van der Waals surface area contributed by atoms with Gasteiger partial charge >= 0.3 is 5.97 Å². The topological polar surface area (TPSA) is 87.1 Å². The number of aliphatic carboxylic acids is 1. The molecular weight excluding hydrogens is 250 g/mol. The van der Waals surface area contributed by atoms with Crippen molar-refractivity contribution < 1.29 is 24.5 Å². The number of amides is 1. The molecule has 0 radical (unpaired) electrons. The van der Waals surface area contributed by atoms with Crippen molar-refractivity contribution in [2.75, 3.05) is 13.2 Å². The van der Waals surface area contributed by atoms with Crippen molar-refractivity contribution in [2.45, 2.75) is 18.6 Å². The van der Waals surface area contributed by atoms with E-state index in [1.807, 2.05) is 6.07 Å². The van der Waals surface area contributed by atoms with Crippen LogP contribution in [0.25, 0.3) is 0 Å². The van der Waals surface area contributed by atoms with Gasteiger partial charge in [-0.15, -0.1) is 0 Å². The molecule has 1 amide bonds. The second-order valence-electron chi connectivity index (χ2n) is 4.39. The van der Waals surface area contributed by atoms with Crippen LogP contribution in [0.15, 0.2) is 30.3 Å². The number of aliphatic hydroxyl groups is 1. The van der Waals surface area contributed by atoms with Crippen LogP contribution in [0.3, 0.4) is 0 Å². The molecule has 0 saturated carbocycles. The van der Waals surface area contributed by atoms with E-state index in [9.17, 15) is 14.7 Å². The molecule has 1 aromatic carbocycles. The van der Waals surface area contributed by atoms with Gasteiger partial charge in [-0.25, -0.2) is 4.79 Å². The zero-order valence-electron chi connectivity index (χ0n) is 10.2. The molecule has 2 N–H and O–H groups in total. The number of likely N-dealkylation sites (tertiary alicyclic amines) is 1. The number of carboxylic acid groups (broad SMARTS) is 1. The molecule has 6 nitrogen and oxygen atoms in total. The molecule has 1 saturated heterocycles. The van der Waals surface area contributed by atoms with Gasteiger partial charge in [0.25, 0.3) is 5.91 Å². The Morgan fingerprint density at radius 3 is 2.63 bits per heavy atom. The first-order valence-corrected chi connectivity index (χ1v) is 5.96. The van der Waals surface area contributed by atoms with E-state index in [2.05, 4.69) is 0 Å². The van der Waals surface area contributed by atoms with E-state index in [1.54, 1.807) is 24.3 Å². The Morgan fingerprint density at radius 2 is 2.00 bits per heavy atom. The van der Waals surface area contributed by atoms with E-state index in [1.165, 1.54) is 0 Å². The minimum atomic E-state index is -1.11. The lowest BCUT2D eigenvalue weighted by Crippen LogP contribution is -2.42. The van der Waals surface area contributed by atoms with Crippen LogP contribution in [0.1, 0.15) is 6.42 Å². The van der Waals surface area contributed by atoms with Crippen LogP contribution in [0, 0.1) is 0 Å². The maximum absolute atomic E-state index is 11.9. The normalized spacial score (nSPS) is 22.3. The number of para-hydroxylation sites is 1. The lowest BCUT2D eigenvalue weighted by molar-refractivity contribution is -0.148. The van der Waals surface area contributed by atoms with Gasteiger partial charge in [-0.2, -0.15) is 0 Å². The molecule has 19 heavy (non-hydrogen) atoms. The maximum atomic E-state index is 11.9. The van der Waals surface area contributed by atoms with Crippen LogP contribution in [0.4, 0.5) is 0 Å². The van der Waals surface area contributed by atoms with Crippen molar-refractivity contribution in [2.24, 2.45) is 0 Å². The predicted octanol–water partition coefficient (Wildman–Crippen LogP) is 0.112. The monoisotopic (exact) mass is 265 g/mol. The smallest absolute Gasteiger partial charge is 0.326 e. The zero-order chi connectivity index (χ0) is 13.8. The molecule has 1 aliphatic rings.